The van der Waals surface area contributed by atoms with E-state index in [9.17, 15) is 0 Å². The van der Waals surface area contributed by atoms with E-state index in [-0.39, 0.29) is 6.04 Å². The van der Waals surface area contributed by atoms with Crippen LogP contribution in [0.1, 0.15) is 11.1 Å². The monoisotopic (exact) mass is 273 g/mol. The van der Waals surface area contributed by atoms with Crippen LogP contribution in [-0.2, 0) is 6.42 Å². The molecule has 19 heavy (non-hydrogen) atoms. The van der Waals surface area contributed by atoms with Gasteiger partial charge in [0, 0.05) is 11.8 Å². The van der Waals surface area contributed by atoms with Gasteiger partial charge in [-0.1, -0.05) is 42.5 Å². The molecule has 0 radical (unpaired) electrons. The minimum Gasteiger partial charge on any atom is -0.492 e. The Bertz CT molecular complexity index is 484. The van der Waals surface area contributed by atoms with Crippen molar-refractivity contribution in [1.82, 2.24) is 0 Å². The summed E-state index contributed by atoms with van der Waals surface area (Å²) in [5, 5.41) is 0. The fraction of sp³-hybridized carbons (Fsp3) is 0.250. The molecular weight excluding hydrogens is 254 g/mol. The Balaban J connectivity index is 1.91. The van der Waals surface area contributed by atoms with Crippen molar-refractivity contribution in [3.8, 4) is 5.75 Å². The van der Waals surface area contributed by atoms with Gasteiger partial charge in [0.2, 0.25) is 0 Å². The summed E-state index contributed by atoms with van der Waals surface area (Å²) in [6, 6.07) is 18.6. The van der Waals surface area contributed by atoms with E-state index in [4.69, 9.17) is 10.5 Å². The van der Waals surface area contributed by atoms with E-state index >= 15 is 0 Å². The SMILES string of the molecule is NC(CS)COc1ccc(Cc2ccccc2)cc1. The van der Waals surface area contributed by atoms with Gasteiger partial charge in [0.1, 0.15) is 12.4 Å². The number of rotatable bonds is 6. The lowest BCUT2D eigenvalue weighted by molar-refractivity contribution is 0.298. The zero-order valence-corrected chi connectivity index (χ0v) is 11.7. The lowest BCUT2D eigenvalue weighted by atomic mass is 10.1. The van der Waals surface area contributed by atoms with Gasteiger partial charge in [0.05, 0.1) is 0 Å². The summed E-state index contributed by atoms with van der Waals surface area (Å²) in [6.07, 6.45) is 0.942. The molecule has 2 nitrogen and oxygen atoms in total. The van der Waals surface area contributed by atoms with Crippen molar-refractivity contribution in [2.75, 3.05) is 12.4 Å². The highest BCUT2D eigenvalue weighted by atomic mass is 32.1. The number of benzene rings is 2. The van der Waals surface area contributed by atoms with Crippen LogP contribution in [0.25, 0.3) is 0 Å². The van der Waals surface area contributed by atoms with Crippen LogP contribution in [0.4, 0.5) is 0 Å². The summed E-state index contributed by atoms with van der Waals surface area (Å²) in [7, 11) is 0. The van der Waals surface area contributed by atoms with Gasteiger partial charge < -0.3 is 10.5 Å². The van der Waals surface area contributed by atoms with E-state index in [2.05, 4.69) is 49.0 Å². The second kappa shape index (κ2) is 7.22. The number of thiol groups is 1. The first-order valence-electron chi connectivity index (χ1n) is 6.40. The Kier molecular flexibility index (Phi) is 5.31. The highest BCUT2D eigenvalue weighted by Gasteiger charge is 2.01. The van der Waals surface area contributed by atoms with Crippen LogP contribution in [0.15, 0.2) is 54.6 Å². The van der Waals surface area contributed by atoms with E-state index in [1.807, 2.05) is 18.2 Å². The van der Waals surface area contributed by atoms with Gasteiger partial charge in [-0.05, 0) is 29.7 Å². The van der Waals surface area contributed by atoms with Gasteiger partial charge in [0.15, 0.2) is 0 Å². The molecule has 2 N–H and O–H groups in total. The zero-order valence-electron chi connectivity index (χ0n) is 10.8. The van der Waals surface area contributed by atoms with Gasteiger partial charge in [-0.25, -0.2) is 0 Å². The molecule has 0 saturated heterocycles. The lowest BCUT2D eigenvalue weighted by Crippen LogP contribution is -2.29. The fourth-order valence-electron chi connectivity index (χ4n) is 1.79. The van der Waals surface area contributed by atoms with E-state index in [1.165, 1.54) is 11.1 Å². The van der Waals surface area contributed by atoms with Crippen LogP contribution < -0.4 is 10.5 Å². The Morgan fingerprint density at radius 3 is 2.21 bits per heavy atom. The summed E-state index contributed by atoms with van der Waals surface area (Å²) < 4.78 is 5.59. The molecule has 100 valence electrons. The van der Waals surface area contributed by atoms with E-state index in [0.717, 1.165) is 12.2 Å². The second-order valence-electron chi connectivity index (χ2n) is 4.56. The summed E-state index contributed by atoms with van der Waals surface area (Å²) in [6.45, 7) is 0.502. The van der Waals surface area contributed by atoms with Crippen molar-refractivity contribution in [2.45, 2.75) is 12.5 Å². The van der Waals surface area contributed by atoms with Gasteiger partial charge >= 0.3 is 0 Å². The first-order chi connectivity index (χ1) is 9.28. The summed E-state index contributed by atoms with van der Waals surface area (Å²) in [5.41, 5.74) is 8.34. The minimum absolute atomic E-state index is 0.0210. The highest BCUT2D eigenvalue weighted by molar-refractivity contribution is 7.80. The fourth-order valence-corrected chi connectivity index (χ4v) is 1.90. The van der Waals surface area contributed by atoms with Crippen LogP contribution in [0.2, 0.25) is 0 Å². The number of hydrogen-bond acceptors (Lipinski definition) is 3. The third-order valence-corrected chi connectivity index (χ3v) is 3.34. The normalized spacial score (nSPS) is 12.1. The Morgan fingerprint density at radius 1 is 0.947 bits per heavy atom. The van der Waals surface area contributed by atoms with Crippen molar-refractivity contribution in [3.05, 3.63) is 65.7 Å². The topological polar surface area (TPSA) is 35.2 Å². The van der Waals surface area contributed by atoms with Crippen molar-refractivity contribution in [1.29, 1.82) is 0 Å². The van der Waals surface area contributed by atoms with Crippen LogP contribution in [0.5, 0.6) is 5.75 Å². The molecule has 0 saturated carbocycles. The molecule has 0 aliphatic rings. The van der Waals surface area contributed by atoms with E-state index in [1.54, 1.807) is 0 Å². The average molecular weight is 273 g/mol. The molecule has 0 amide bonds. The highest BCUT2D eigenvalue weighted by Crippen LogP contribution is 2.15. The minimum atomic E-state index is -0.0210. The smallest absolute Gasteiger partial charge is 0.119 e. The zero-order chi connectivity index (χ0) is 13.5. The van der Waals surface area contributed by atoms with E-state index < -0.39 is 0 Å². The number of ether oxygens (including phenoxy) is 1. The maximum atomic E-state index is 5.75. The predicted molar refractivity (Wildman–Crippen MR) is 83.0 cm³/mol. The predicted octanol–water partition coefficient (Wildman–Crippen LogP) is 2.91. The lowest BCUT2D eigenvalue weighted by Gasteiger charge is -2.11. The van der Waals surface area contributed by atoms with Gasteiger partial charge in [-0.2, -0.15) is 12.6 Å². The Labute approximate surface area is 120 Å². The van der Waals surface area contributed by atoms with E-state index in [0.29, 0.717) is 12.4 Å². The molecule has 1 atom stereocenters. The molecule has 2 aromatic rings. The quantitative estimate of drug-likeness (QED) is 0.794. The largest absolute Gasteiger partial charge is 0.492 e. The summed E-state index contributed by atoms with van der Waals surface area (Å²) in [4.78, 5) is 0. The summed E-state index contributed by atoms with van der Waals surface area (Å²) in [5.74, 6) is 1.49. The molecule has 0 aliphatic heterocycles. The van der Waals surface area contributed by atoms with Crippen LogP contribution in [0, 0.1) is 0 Å². The molecular formula is C16H19NOS. The van der Waals surface area contributed by atoms with Crippen molar-refractivity contribution >= 4 is 12.6 Å². The number of nitrogens with two attached hydrogens (primary N) is 1. The molecule has 0 fully saturated rings. The standard InChI is InChI=1S/C16H19NOS/c17-15(12-19)11-18-16-8-6-14(7-9-16)10-13-4-2-1-3-5-13/h1-9,15,19H,10-12,17H2. The average Bonchev–Trinajstić information content (AvgIpc) is 2.47. The maximum Gasteiger partial charge on any atom is 0.119 e. The van der Waals surface area contributed by atoms with Crippen LogP contribution in [0.3, 0.4) is 0 Å². The molecule has 0 aliphatic carbocycles. The molecule has 0 aromatic heterocycles. The van der Waals surface area contributed by atoms with Gasteiger partial charge in [0.25, 0.3) is 0 Å². The maximum absolute atomic E-state index is 5.75. The Morgan fingerprint density at radius 2 is 1.58 bits per heavy atom. The second-order valence-corrected chi connectivity index (χ2v) is 4.93. The van der Waals surface area contributed by atoms with Gasteiger partial charge in [-0.15, -0.1) is 0 Å². The van der Waals surface area contributed by atoms with Crippen LogP contribution in [-0.4, -0.2) is 18.4 Å². The molecule has 2 rings (SSSR count). The molecule has 0 heterocycles. The Hall–Kier alpha value is -1.45. The van der Waals surface area contributed by atoms with Gasteiger partial charge in [-0.3, -0.25) is 0 Å². The van der Waals surface area contributed by atoms with Crippen molar-refractivity contribution < 1.29 is 4.74 Å². The third-order valence-electron chi connectivity index (χ3n) is 2.87. The molecule has 0 spiro atoms. The first-order valence-corrected chi connectivity index (χ1v) is 7.03. The third kappa shape index (κ3) is 4.62. The van der Waals surface area contributed by atoms with Crippen molar-refractivity contribution in [2.24, 2.45) is 5.73 Å². The molecule has 2 aromatic carbocycles. The van der Waals surface area contributed by atoms with Crippen molar-refractivity contribution in [3.63, 3.8) is 0 Å². The molecule has 3 heteroatoms. The molecule has 1 unspecified atom stereocenters. The number of hydrogen-bond donors (Lipinski definition) is 2. The molecule has 0 bridgehead atoms. The van der Waals surface area contributed by atoms with Crippen LogP contribution >= 0.6 is 12.6 Å². The summed E-state index contributed by atoms with van der Waals surface area (Å²) >= 11 is 4.13. The first kappa shape index (κ1) is 14.0.